The summed E-state index contributed by atoms with van der Waals surface area (Å²) < 4.78 is 0. The zero-order valence-corrected chi connectivity index (χ0v) is 11.2. The fourth-order valence-corrected chi connectivity index (χ4v) is 2.20. The van der Waals surface area contributed by atoms with Crippen LogP contribution in [-0.4, -0.2) is 36.3 Å². The van der Waals surface area contributed by atoms with E-state index in [0.717, 1.165) is 19.3 Å². The number of imide groups is 1. The molecule has 0 radical (unpaired) electrons. The maximum absolute atomic E-state index is 11.9. The van der Waals surface area contributed by atoms with E-state index in [4.69, 9.17) is 0 Å². The van der Waals surface area contributed by atoms with Crippen LogP contribution in [0.2, 0.25) is 0 Å². The highest BCUT2D eigenvalue weighted by Crippen LogP contribution is 2.15. The van der Waals surface area contributed by atoms with Crippen molar-refractivity contribution in [3.05, 3.63) is 0 Å². The number of hydrogen-bond acceptors (Lipinski definition) is 3. The fraction of sp³-hybridized carbons (Fsp3) is 0.846. The van der Waals surface area contributed by atoms with E-state index in [-0.39, 0.29) is 17.9 Å². The van der Waals surface area contributed by atoms with Gasteiger partial charge in [0.25, 0.3) is 0 Å². The second kappa shape index (κ2) is 6.74. The number of amides is 2. The largest absolute Gasteiger partial charge is 0.315 e. The molecule has 0 saturated carbocycles. The summed E-state index contributed by atoms with van der Waals surface area (Å²) in [5.41, 5.74) is 0. The second-order valence-corrected chi connectivity index (χ2v) is 4.89. The van der Waals surface area contributed by atoms with Gasteiger partial charge in [-0.25, -0.2) is 0 Å². The van der Waals surface area contributed by atoms with E-state index >= 15 is 0 Å². The summed E-state index contributed by atoms with van der Waals surface area (Å²) in [6.07, 6.45) is 3.76. The molecule has 1 heterocycles. The van der Waals surface area contributed by atoms with Crippen LogP contribution in [0, 0.1) is 5.92 Å². The molecule has 1 rings (SSSR count). The Labute approximate surface area is 104 Å². The Kier molecular flexibility index (Phi) is 5.62. The first kappa shape index (κ1) is 14.2. The molecule has 98 valence electrons. The van der Waals surface area contributed by atoms with Crippen molar-refractivity contribution in [2.24, 2.45) is 5.92 Å². The minimum Gasteiger partial charge on any atom is -0.315 e. The van der Waals surface area contributed by atoms with Gasteiger partial charge in [0.05, 0.1) is 0 Å². The fourth-order valence-electron chi connectivity index (χ4n) is 2.20. The molecule has 0 aromatic rings. The molecule has 1 aliphatic heterocycles. The molecule has 2 atom stereocenters. The first-order valence-corrected chi connectivity index (χ1v) is 6.60. The number of nitrogens with zero attached hydrogens (tertiary/aromatic N) is 1. The van der Waals surface area contributed by atoms with Crippen LogP contribution < -0.4 is 5.32 Å². The van der Waals surface area contributed by atoms with E-state index in [9.17, 15) is 9.59 Å². The summed E-state index contributed by atoms with van der Waals surface area (Å²) in [4.78, 5) is 25.2. The van der Waals surface area contributed by atoms with Crippen LogP contribution in [0.25, 0.3) is 0 Å². The van der Waals surface area contributed by atoms with Gasteiger partial charge in [-0.05, 0) is 25.8 Å². The van der Waals surface area contributed by atoms with Crippen molar-refractivity contribution in [3.8, 4) is 0 Å². The first-order valence-electron chi connectivity index (χ1n) is 6.60. The van der Waals surface area contributed by atoms with Crippen molar-refractivity contribution in [1.82, 2.24) is 10.2 Å². The number of nitrogens with one attached hydrogen (secondary N) is 1. The summed E-state index contributed by atoms with van der Waals surface area (Å²) >= 11 is 0. The maximum Gasteiger partial charge on any atom is 0.229 e. The van der Waals surface area contributed by atoms with Gasteiger partial charge in [0.15, 0.2) is 0 Å². The van der Waals surface area contributed by atoms with Gasteiger partial charge in [0.1, 0.15) is 0 Å². The maximum atomic E-state index is 11.9. The number of carbonyl (C=O) groups is 2. The molecule has 4 nitrogen and oxygen atoms in total. The summed E-state index contributed by atoms with van der Waals surface area (Å²) in [7, 11) is 1.89. The minimum atomic E-state index is -0.00365. The molecule has 17 heavy (non-hydrogen) atoms. The molecular formula is C13H24N2O2. The van der Waals surface area contributed by atoms with Crippen molar-refractivity contribution in [2.75, 3.05) is 13.6 Å². The highest BCUT2D eigenvalue weighted by Gasteiger charge is 2.27. The summed E-state index contributed by atoms with van der Waals surface area (Å²) in [6, 6.07) is 0.200. The monoisotopic (exact) mass is 240 g/mol. The third kappa shape index (κ3) is 3.80. The van der Waals surface area contributed by atoms with Crippen LogP contribution in [0.1, 0.15) is 46.0 Å². The van der Waals surface area contributed by atoms with Gasteiger partial charge >= 0.3 is 0 Å². The number of carbonyl (C=O) groups excluding carboxylic acids is 2. The van der Waals surface area contributed by atoms with Gasteiger partial charge in [-0.15, -0.1) is 0 Å². The summed E-state index contributed by atoms with van der Waals surface area (Å²) in [6.45, 7) is 4.79. The molecule has 1 N–H and O–H groups in total. The molecule has 2 unspecified atom stereocenters. The number of hydrogen-bond donors (Lipinski definition) is 1. The normalized spacial score (nSPS) is 21.2. The standard InChI is InChI=1S/C13H24N2O2/c1-4-10(2)11(14-3)9-15-12(16)7-5-6-8-13(15)17/h10-11,14H,4-9H2,1-3H3. The van der Waals surface area contributed by atoms with Crippen LogP contribution in [0.3, 0.4) is 0 Å². The smallest absolute Gasteiger partial charge is 0.229 e. The Morgan fingerprint density at radius 3 is 2.18 bits per heavy atom. The Morgan fingerprint density at radius 1 is 1.24 bits per heavy atom. The van der Waals surface area contributed by atoms with Crippen molar-refractivity contribution in [1.29, 1.82) is 0 Å². The van der Waals surface area contributed by atoms with Crippen molar-refractivity contribution in [3.63, 3.8) is 0 Å². The van der Waals surface area contributed by atoms with Crippen molar-refractivity contribution in [2.45, 2.75) is 52.0 Å². The van der Waals surface area contributed by atoms with Crippen LogP contribution in [0.4, 0.5) is 0 Å². The predicted octanol–water partition coefficient (Wildman–Crippen LogP) is 1.55. The lowest BCUT2D eigenvalue weighted by Crippen LogP contribution is -2.47. The molecule has 4 heteroatoms. The zero-order valence-electron chi connectivity index (χ0n) is 11.2. The Morgan fingerprint density at radius 2 is 1.76 bits per heavy atom. The van der Waals surface area contributed by atoms with E-state index in [1.165, 1.54) is 4.90 Å². The number of likely N-dealkylation sites (N-methyl/N-ethyl adjacent to an activating group) is 1. The molecule has 1 fully saturated rings. The molecule has 1 saturated heterocycles. The highest BCUT2D eigenvalue weighted by atomic mass is 16.2. The summed E-state index contributed by atoms with van der Waals surface area (Å²) in [5, 5.41) is 3.22. The number of rotatable bonds is 5. The quantitative estimate of drug-likeness (QED) is 0.742. The Bertz CT molecular complexity index is 261. The van der Waals surface area contributed by atoms with Crippen molar-refractivity contribution >= 4 is 11.8 Å². The average molecular weight is 240 g/mol. The molecule has 0 aliphatic carbocycles. The molecule has 0 aromatic heterocycles. The third-order valence-electron chi connectivity index (χ3n) is 3.71. The average Bonchev–Trinajstić information content (AvgIpc) is 2.48. The van der Waals surface area contributed by atoms with Gasteiger partial charge in [0.2, 0.25) is 11.8 Å². The van der Waals surface area contributed by atoms with E-state index in [1.54, 1.807) is 0 Å². The SMILES string of the molecule is CCC(C)C(CN1C(=O)CCCCC1=O)NC. The topological polar surface area (TPSA) is 49.4 Å². The number of likely N-dealkylation sites (tertiary alicyclic amines) is 1. The lowest BCUT2D eigenvalue weighted by Gasteiger charge is -2.28. The van der Waals surface area contributed by atoms with Gasteiger partial charge in [0, 0.05) is 25.4 Å². The molecule has 1 aliphatic rings. The van der Waals surface area contributed by atoms with Crippen LogP contribution in [-0.2, 0) is 9.59 Å². The Balaban J connectivity index is 2.68. The minimum absolute atomic E-state index is 0.00365. The van der Waals surface area contributed by atoms with Crippen LogP contribution in [0.5, 0.6) is 0 Å². The second-order valence-electron chi connectivity index (χ2n) is 4.89. The molecule has 0 spiro atoms. The van der Waals surface area contributed by atoms with E-state index in [2.05, 4.69) is 19.2 Å². The lowest BCUT2D eigenvalue weighted by atomic mass is 9.98. The Hall–Kier alpha value is -0.900. The van der Waals surface area contributed by atoms with Gasteiger partial charge in [-0.2, -0.15) is 0 Å². The highest BCUT2D eigenvalue weighted by molar-refractivity contribution is 5.96. The van der Waals surface area contributed by atoms with E-state index in [0.29, 0.717) is 25.3 Å². The van der Waals surface area contributed by atoms with Gasteiger partial charge in [-0.1, -0.05) is 20.3 Å². The lowest BCUT2D eigenvalue weighted by molar-refractivity contribution is -0.144. The first-order chi connectivity index (χ1) is 8.10. The van der Waals surface area contributed by atoms with E-state index < -0.39 is 0 Å². The van der Waals surface area contributed by atoms with Crippen molar-refractivity contribution < 1.29 is 9.59 Å². The molecule has 2 amide bonds. The molecular weight excluding hydrogens is 216 g/mol. The summed E-state index contributed by atoms with van der Waals surface area (Å²) in [5.74, 6) is 0.455. The molecule has 0 aromatic carbocycles. The van der Waals surface area contributed by atoms with Gasteiger partial charge < -0.3 is 5.32 Å². The van der Waals surface area contributed by atoms with Crippen LogP contribution >= 0.6 is 0 Å². The van der Waals surface area contributed by atoms with Crippen LogP contribution in [0.15, 0.2) is 0 Å². The molecule has 0 bridgehead atoms. The zero-order chi connectivity index (χ0) is 12.8. The predicted molar refractivity (Wildman–Crippen MR) is 67.5 cm³/mol. The third-order valence-corrected chi connectivity index (χ3v) is 3.71. The van der Waals surface area contributed by atoms with E-state index in [1.807, 2.05) is 7.05 Å². The van der Waals surface area contributed by atoms with Gasteiger partial charge in [-0.3, -0.25) is 14.5 Å².